The highest BCUT2D eigenvalue weighted by molar-refractivity contribution is 5.48. The normalized spacial score (nSPS) is 18.3. The van der Waals surface area contributed by atoms with Crippen molar-refractivity contribution in [2.75, 3.05) is 31.7 Å². The lowest BCUT2D eigenvalue weighted by atomic mass is 9.90. The zero-order valence-corrected chi connectivity index (χ0v) is 12.1. The molecule has 19 heavy (non-hydrogen) atoms. The van der Waals surface area contributed by atoms with Crippen LogP contribution < -0.4 is 10.6 Å². The molecule has 0 saturated carbocycles. The van der Waals surface area contributed by atoms with E-state index >= 15 is 0 Å². The lowest BCUT2D eigenvalue weighted by molar-refractivity contribution is 0.0588. The molecule has 0 spiro atoms. The van der Waals surface area contributed by atoms with Crippen LogP contribution in [0.2, 0.25) is 0 Å². The van der Waals surface area contributed by atoms with Crippen LogP contribution in [0.15, 0.2) is 24.3 Å². The summed E-state index contributed by atoms with van der Waals surface area (Å²) in [5, 5.41) is 0. The first kappa shape index (κ1) is 14.4. The second-order valence-electron chi connectivity index (χ2n) is 5.38. The Bertz CT molecular complexity index is 371. The number of nitrogens with zero attached hydrogens (tertiary/aromatic N) is 1. The second kappa shape index (κ2) is 6.92. The van der Waals surface area contributed by atoms with Crippen LogP contribution in [0.25, 0.3) is 0 Å². The van der Waals surface area contributed by atoms with Crippen molar-refractivity contribution < 1.29 is 4.74 Å². The topological polar surface area (TPSA) is 38.5 Å². The summed E-state index contributed by atoms with van der Waals surface area (Å²) < 4.78 is 5.45. The first-order valence-electron chi connectivity index (χ1n) is 7.35. The largest absolute Gasteiger partial charge is 0.381 e. The van der Waals surface area contributed by atoms with Crippen molar-refractivity contribution in [1.29, 1.82) is 0 Å². The average molecular weight is 262 g/mol. The second-order valence-corrected chi connectivity index (χ2v) is 5.38. The highest BCUT2D eigenvalue weighted by Crippen LogP contribution is 2.25. The molecular formula is C16H26N2O. The van der Waals surface area contributed by atoms with Gasteiger partial charge in [-0.05, 0) is 42.9 Å². The lowest BCUT2D eigenvalue weighted by Gasteiger charge is -2.37. The van der Waals surface area contributed by atoms with Crippen molar-refractivity contribution >= 4 is 5.69 Å². The van der Waals surface area contributed by atoms with Crippen molar-refractivity contribution in [3.63, 3.8) is 0 Å². The van der Waals surface area contributed by atoms with Gasteiger partial charge in [-0.1, -0.05) is 19.1 Å². The molecule has 106 valence electrons. The molecule has 3 nitrogen and oxygen atoms in total. The van der Waals surface area contributed by atoms with Gasteiger partial charge < -0.3 is 15.4 Å². The van der Waals surface area contributed by atoms with E-state index in [1.165, 1.54) is 11.3 Å². The third-order valence-corrected chi connectivity index (χ3v) is 4.30. The Hall–Kier alpha value is -1.06. The predicted molar refractivity (Wildman–Crippen MR) is 80.6 cm³/mol. The van der Waals surface area contributed by atoms with Gasteiger partial charge in [0.05, 0.1) is 0 Å². The number of ether oxygens (including phenoxy) is 1. The highest BCUT2D eigenvalue weighted by Gasteiger charge is 2.26. The van der Waals surface area contributed by atoms with E-state index < -0.39 is 0 Å². The molecule has 1 fully saturated rings. The number of nitrogens with two attached hydrogens (primary N) is 1. The minimum Gasteiger partial charge on any atom is -0.381 e. The number of rotatable bonds is 5. The van der Waals surface area contributed by atoms with Gasteiger partial charge in [-0.2, -0.15) is 0 Å². The summed E-state index contributed by atoms with van der Waals surface area (Å²) in [5.41, 5.74) is 8.66. The molecule has 0 aromatic heterocycles. The number of benzene rings is 1. The van der Waals surface area contributed by atoms with E-state index in [0.717, 1.165) is 32.5 Å². The van der Waals surface area contributed by atoms with Crippen LogP contribution in [-0.2, 0) is 11.2 Å². The minimum atomic E-state index is 0.413. The van der Waals surface area contributed by atoms with Gasteiger partial charge in [0.2, 0.25) is 0 Å². The first-order chi connectivity index (χ1) is 9.26. The summed E-state index contributed by atoms with van der Waals surface area (Å²) in [6.07, 6.45) is 3.34. The fourth-order valence-corrected chi connectivity index (χ4v) is 2.93. The molecule has 1 atom stereocenters. The molecule has 1 aromatic carbocycles. The molecule has 0 bridgehead atoms. The molecule has 1 saturated heterocycles. The van der Waals surface area contributed by atoms with Crippen LogP contribution >= 0.6 is 0 Å². The number of aryl methyl sites for hydroxylation is 1. The van der Waals surface area contributed by atoms with Crippen molar-refractivity contribution in [3.8, 4) is 0 Å². The molecule has 2 rings (SSSR count). The van der Waals surface area contributed by atoms with E-state index in [-0.39, 0.29) is 0 Å². The van der Waals surface area contributed by atoms with E-state index in [2.05, 4.69) is 43.1 Å². The van der Waals surface area contributed by atoms with Gasteiger partial charge >= 0.3 is 0 Å². The summed E-state index contributed by atoms with van der Waals surface area (Å²) in [7, 11) is 2.16. The van der Waals surface area contributed by atoms with Crippen molar-refractivity contribution in [2.45, 2.75) is 32.2 Å². The van der Waals surface area contributed by atoms with Gasteiger partial charge in [0.1, 0.15) is 0 Å². The standard InChI is InChI=1S/C16H26N2O/c1-3-13-4-6-15(7-5-13)18(2)16(12-17)14-8-10-19-11-9-14/h4-7,14,16H,3,8-12,17H2,1-2H3. The Morgan fingerprint density at radius 1 is 1.26 bits per heavy atom. The van der Waals surface area contributed by atoms with Gasteiger partial charge in [-0.3, -0.25) is 0 Å². The van der Waals surface area contributed by atoms with Gasteiger partial charge in [-0.25, -0.2) is 0 Å². The molecule has 1 heterocycles. The van der Waals surface area contributed by atoms with Gasteiger partial charge in [-0.15, -0.1) is 0 Å². The highest BCUT2D eigenvalue weighted by atomic mass is 16.5. The summed E-state index contributed by atoms with van der Waals surface area (Å²) in [5.74, 6) is 0.648. The van der Waals surface area contributed by atoms with Crippen LogP contribution in [0, 0.1) is 5.92 Å². The van der Waals surface area contributed by atoms with E-state index in [1.54, 1.807) is 0 Å². The monoisotopic (exact) mass is 262 g/mol. The van der Waals surface area contributed by atoms with Crippen LogP contribution in [0.4, 0.5) is 5.69 Å². The fourth-order valence-electron chi connectivity index (χ4n) is 2.93. The molecule has 1 unspecified atom stereocenters. The molecule has 2 N–H and O–H groups in total. The molecule has 1 aromatic rings. The van der Waals surface area contributed by atoms with Crippen LogP contribution in [-0.4, -0.2) is 32.8 Å². The maximum atomic E-state index is 6.02. The molecule has 3 heteroatoms. The molecule has 1 aliphatic heterocycles. The first-order valence-corrected chi connectivity index (χ1v) is 7.35. The number of hydrogen-bond acceptors (Lipinski definition) is 3. The predicted octanol–water partition coefficient (Wildman–Crippen LogP) is 2.44. The molecule has 0 amide bonds. The number of hydrogen-bond donors (Lipinski definition) is 1. The van der Waals surface area contributed by atoms with Crippen molar-refractivity contribution in [3.05, 3.63) is 29.8 Å². The number of anilines is 1. The lowest BCUT2D eigenvalue weighted by Crippen LogP contribution is -2.45. The van der Waals surface area contributed by atoms with E-state index in [1.807, 2.05) is 0 Å². The summed E-state index contributed by atoms with van der Waals surface area (Å²) >= 11 is 0. The third-order valence-electron chi connectivity index (χ3n) is 4.30. The zero-order chi connectivity index (χ0) is 13.7. The van der Waals surface area contributed by atoms with E-state index in [0.29, 0.717) is 18.5 Å². The quantitative estimate of drug-likeness (QED) is 0.886. The van der Waals surface area contributed by atoms with Gasteiger partial charge in [0.15, 0.2) is 0 Å². The van der Waals surface area contributed by atoms with E-state index in [4.69, 9.17) is 10.5 Å². The van der Waals surface area contributed by atoms with Crippen LogP contribution in [0.3, 0.4) is 0 Å². The Morgan fingerprint density at radius 3 is 2.42 bits per heavy atom. The van der Waals surface area contributed by atoms with E-state index in [9.17, 15) is 0 Å². The smallest absolute Gasteiger partial charge is 0.0469 e. The third kappa shape index (κ3) is 3.48. The SMILES string of the molecule is CCc1ccc(N(C)C(CN)C2CCOCC2)cc1. The molecule has 0 aliphatic carbocycles. The van der Waals surface area contributed by atoms with Crippen molar-refractivity contribution in [1.82, 2.24) is 0 Å². The Labute approximate surface area is 116 Å². The maximum Gasteiger partial charge on any atom is 0.0469 e. The Kier molecular flexibility index (Phi) is 5.23. The van der Waals surface area contributed by atoms with Gasteiger partial charge in [0, 0.05) is 38.5 Å². The fraction of sp³-hybridized carbons (Fsp3) is 0.625. The molecular weight excluding hydrogens is 236 g/mol. The zero-order valence-electron chi connectivity index (χ0n) is 12.1. The molecule has 1 aliphatic rings. The maximum absolute atomic E-state index is 6.02. The van der Waals surface area contributed by atoms with Crippen molar-refractivity contribution in [2.24, 2.45) is 11.7 Å². The van der Waals surface area contributed by atoms with Crippen LogP contribution in [0.1, 0.15) is 25.3 Å². The summed E-state index contributed by atoms with van der Waals surface area (Å²) in [4.78, 5) is 2.34. The summed E-state index contributed by atoms with van der Waals surface area (Å²) in [6, 6.07) is 9.26. The molecule has 0 radical (unpaired) electrons. The van der Waals surface area contributed by atoms with Gasteiger partial charge in [0.25, 0.3) is 0 Å². The summed E-state index contributed by atoms with van der Waals surface area (Å²) in [6.45, 7) is 4.65. The Morgan fingerprint density at radius 2 is 1.89 bits per heavy atom. The Balaban J connectivity index is 2.07. The number of likely N-dealkylation sites (N-methyl/N-ethyl adjacent to an activating group) is 1. The van der Waals surface area contributed by atoms with Crippen LogP contribution in [0.5, 0.6) is 0 Å². The average Bonchev–Trinajstić information content (AvgIpc) is 2.49. The minimum absolute atomic E-state index is 0.413.